The van der Waals surface area contributed by atoms with E-state index in [0.717, 1.165) is 5.56 Å². The summed E-state index contributed by atoms with van der Waals surface area (Å²) in [4.78, 5) is 10.5. The normalized spacial score (nSPS) is 10.2. The molecule has 0 aromatic heterocycles. The highest BCUT2D eigenvalue weighted by molar-refractivity contribution is 6.31. The Morgan fingerprint density at radius 2 is 1.95 bits per heavy atom. The zero-order chi connectivity index (χ0) is 13.8. The van der Waals surface area contributed by atoms with Gasteiger partial charge in [0.05, 0.1) is 4.92 Å². The van der Waals surface area contributed by atoms with Crippen LogP contribution in [0.5, 0.6) is 0 Å². The number of nitrogens with two attached hydrogens (primary N) is 1. The molecule has 0 saturated carbocycles. The van der Waals surface area contributed by atoms with E-state index in [-0.39, 0.29) is 11.4 Å². The number of rotatable bonds is 4. The Bertz CT molecular complexity index is 617. The Balaban J connectivity index is 2.23. The standard InChI is InChI=1S/C13H12ClN3O2/c14-10-5-2-1-4-9(10)8-16-12-7-3-6-11(15)13(12)17(18)19/h1-7,16H,8,15H2. The third kappa shape index (κ3) is 2.95. The van der Waals surface area contributed by atoms with Crippen molar-refractivity contribution < 1.29 is 4.92 Å². The molecule has 0 aliphatic carbocycles. The molecule has 2 rings (SSSR count). The molecule has 0 aliphatic heterocycles. The molecule has 6 heteroatoms. The van der Waals surface area contributed by atoms with E-state index in [9.17, 15) is 10.1 Å². The average molecular weight is 278 g/mol. The molecule has 0 radical (unpaired) electrons. The zero-order valence-corrected chi connectivity index (χ0v) is 10.7. The number of halogens is 1. The second-order valence-electron chi connectivity index (χ2n) is 3.95. The van der Waals surface area contributed by atoms with Crippen molar-refractivity contribution in [1.82, 2.24) is 0 Å². The van der Waals surface area contributed by atoms with Crippen molar-refractivity contribution >= 4 is 28.7 Å². The maximum absolute atomic E-state index is 11.0. The first-order valence-electron chi connectivity index (χ1n) is 5.59. The molecule has 0 spiro atoms. The van der Waals surface area contributed by atoms with E-state index in [0.29, 0.717) is 17.3 Å². The number of hydrogen-bond acceptors (Lipinski definition) is 4. The molecule has 19 heavy (non-hydrogen) atoms. The highest BCUT2D eigenvalue weighted by Crippen LogP contribution is 2.31. The molecule has 0 heterocycles. The van der Waals surface area contributed by atoms with Gasteiger partial charge in [0, 0.05) is 11.6 Å². The molecule has 0 amide bonds. The molecule has 0 unspecified atom stereocenters. The Labute approximate surface area is 115 Å². The van der Waals surface area contributed by atoms with Gasteiger partial charge in [-0.05, 0) is 23.8 Å². The lowest BCUT2D eigenvalue weighted by Gasteiger charge is -2.09. The summed E-state index contributed by atoms with van der Waals surface area (Å²) < 4.78 is 0. The summed E-state index contributed by atoms with van der Waals surface area (Å²) in [5.74, 6) is 0. The van der Waals surface area contributed by atoms with Gasteiger partial charge in [0.15, 0.2) is 0 Å². The smallest absolute Gasteiger partial charge is 0.314 e. The van der Waals surface area contributed by atoms with Crippen molar-refractivity contribution in [1.29, 1.82) is 0 Å². The van der Waals surface area contributed by atoms with Gasteiger partial charge in [-0.25, -0.2) is 0 Å². The quantitative estimate of drug-likeness (QED) is 0.509. The van der Waals surface area contributed by atoms with Gasteiger partial charge in [0.25, 0.3) is 0 Å². The van der Waals surface area contributed by atoms with Gasteiger partial charge in [-0.15, -0.1) is 0 Å². The van der Waals surface area contributed by atoms with Crippen LogP contribution in [0.3, 0.4) is 0 Å². The van der Waals surface area contributed by atoms with Gasteiger partial charge in [0.1, 0.15) is 11.4 Å². The minimum absolute atomic E-state index is 0.116. The summed E-state index contributed by atoms with van der Waals surface area (Å²) in [7, 11) is 0. The third-order valence-electron chi connectivity index (χ3n) is 2.68. The number of para-hydroxylation sites is 1. The molecule has 0 aliphatic rings. The largest absolute Gasteiger partial charge is 0.393 e. The van der Waals surface area contributed by atoms with Gasteiger partial charge in [-0.1, -0.05) is 35.9 Å². The Hall–Kier alpha value is -2.27. The van der Waals surface area contributed by atoms with E-state index in [1.54, 1.807) is 18.2 Å². The predicted molar refractivity (Wildman–Crippen MR) is 76.3 cm³/mol. The lowest BCUT2D eigenvalue weighted by molar-refractivity contribution is -0.383. The maximum Gasteiger partial charge on any atom is 0.314 e. The van der Waals surface area contributed by atoms with Crippen molar-refractivity contribution in [3.63, 3.8) is 0 Å². The van der Waals surface area contributed by atoms with Crippen LogP contribution in [-0.2, 0) is 6.54 Å². The van der Waals surface area contributed by atoms with E-state index in [2.05, 4.69) is 5.32 Å². The van der Waals surface area contributed by atoms with E-state index in [4.69, 9.17) is 17.3 Å². The lowest BCUT2D eigenvalue weighted by atomic mass is 10.2. The number of hydrogen-bond donors (Lipinski definition) is 2. The lowest BCUT2D eigenvalue weighted by Crippen LogP contribution is -2.05. The number of nitrogens with zero attached hydrogens (tertiary/aromatic N) is 1. The second-order valence-corrected chi connectivity index (χ2v) is 4.35. The van der Waals surface area contributed by atoms with Gasteiger partial charge < -0.3 is 11.1 Å². The van der Waals surface area contributed by atoms with Crippen molar-refractivity contribution in [2.24, 2.45) is 0 Å². The highest BCUT2D eigenvalue weighted by Gasteiger charge is 2.17. The monoisotopic (exact) mass is 277 g/mol. The molecular formula is C13H12ClN3O2. The number of nitro groups is 1. The number of nitrogens with one attached hydrogen (secondary N) is 1. The van der Waals surface area contributed by atoms with Crippen LogP contribution in [0.4, 0.5) is 17.1 Å². The van der Waals surface area contributed by atoms with Crippen LogP contribution in [0.15, 0.2) is 42.5 Å². The second kappa shape index (κ2) is 5.58. The fourth-order valence-electron chi connectivity index (χ4n) is 1.74. The number of nitrogen functional groups attached to an aromatic ring is 1. The van der Waals surface area contributed by atoms with Crippen molar-refractivity contribution in [3.8, 4) is 0 Å². The summed E-state index contributed by atoms with van der Waals surface area (Å²) in [6, 6.07) is 12.1. The highest BCUT2D eigenvalue weighted by atomic mass is 35.5. The first-order chi connectivity index (χ1) is 9.09. The summed E-state index contributed by atoms with van der Waals surface area (Å²) in [6.07, 6.45) is 0. The Morgan fingerprint density at radius 3 is 2.63 bits per heavy atom. The fraction of sp³-hybridized carbons (Fsp3) is 0.0769. The number of nitro benzene ring substituents is 1. The molecule has 0 atom stereocenters. The van der Waals surface area contributed by atoms with Gasteiger partial charge in [-0.3, -0.25) is 10.1 Å². The van der Waals surface area contributed by atoms with Crippen LogP contribution in [0, 0.1) is 10.1 Å². The fourth-order valence-corrected chi connectivity index (χ4v) is 1.94. The van der Waals surface area contributed by atoms with Crippen LogP contribution < -0.4 is 11.1 Å². The molecule has 98 valence electrons. The van der Waals surface area contributed by atoms with Crippen LogP contribution >= 0.6 is 11.6 Å². The van der Waals surface area contributed by atoms with Crippen LogP contribution in [0.1, 0.15) is 5.56 Å². The predicted octanol–water partition coefficient (Wildman–Crippen LogP) is 3.44. The summed E-state index contributed by atoms with van der Waals surface area (Å²) in [6.45, 7) is 0.393. The number of benzene rings is 2. The van der Waals surface area contributed by atoms with E-state index in [1.165, 1.54) is 6.07 Å². The van der Waals surface area contributed by atoms with Crippen molar-refractivity contribution in [2.75, 3.05) is 11.1 Å². The van der Waals surface area contributed by atoms with Gasteiger partial charge in [0.2, 0.25) is 0 Å². The first kappa shape index (κ1) is 13.2. The Kier molecular flexibility index (Phi) is 3.87. The Morgan fingerprint density at radius 1 is 1.21 bits per heavy atom. The van der Waals surface area contributed by atoms with Crippen LogP contribution in [0.2, 0.25) is 5.02 Å². The van der Waals surface area contributed by atoms with Gasteiger partial charge >= 0.3 is 5.69 Å². The molecule has 3 N–H and O–H groups in total. The summed E-state index contributed by atoms with van der Waals surface area (Å²) in [5.41, 5.74) is 6.87. The number of anilines is 2. The first-order valence-corrected chi connectivity index (χ1v) is 5.97. The topological polar surface area (TPSA) is 81.2 Å². The molecular weight excluding hydrogens is 266 g/mol. The van der Waals surface area contributed by atoms with E-state index < -0.39 is 4.92 Å². The minimum Gasteiger partial charge on any atom is -0.393 e. The zero-order valence-electron chi connectivity index (χ0n) is 9.97. The molecule has 0 saturated heterocycles. The molecule has 2 aromatic rings. The van der Waals surface area contributed by atoms with Crippen LogP contribution in [-0.4, -0.2) is 4.92 Å². The van der Waals surface area contributed by atoms with E-state index >= 15 is 0 Å². The average Bonchev–Trinajstić information content (AvgIpc) is 2.37. The summed E-state index contributed by atoms with van der Waals surface area (Å²) in [5, 5.41) is 14.6. The molecule has 0 bridgehead atoms. The SMILES string of the molecule is Nc1cccc(NCc2ccccc2Cl)c1[N+](=O)[O-]. The van der Waals surface area contributed by atoms with Gasteiger partial charge in [-0.2, -0.15) is 0 Å². The third-order valence-corrected chi connectivity index (χ3v) is 3.05. The molecule has 0 fully saturated rings. The summed E-state index contributed by atoms with van der Waals surface area (Å²) >= 11 is 6.03. The van der Waals surface area contributed by atoms with E-state index in [1.807, 2.05) is 18.2 Å². The maximum atomic E-state index is 11.0. The minimum atomic E-state index is -0.496. The van der Waals surface area contributed by atoms with Crippen molar-refractivity contribution in [2.45, 2.75) is 6.54 Å². The molecule has 5 nitrogen and oxygen atoms in total. The van der Waals surface area contributed by atoms with Crippen LogP contribution in [0.25, 0.3) is 0 Å². The molecule has 2 aromatic carbocycles. The van der Waals surface area contributed by atoms with Crippen molar-refractivity contribution in [3.05, 3.63) is 63.2 Å².